The van der Waals surface area contributed by atoms with Crippen LogP contribution in [-0.2, 0) is 6.54 Å². The van der Waals surface area contributed by atoms with Crippen molar-refractivity contribution >= 4 is 54.6 Å². The average molecular weight is 430 g/mol. The van der Waals surface area contributed by atoms with Crippen molar-refractivity contribution in [2.24, 2.45) is 0 Å². The molecule has 0 bridgehead atoms. The second kappa shape index (κ2) is 8.34. The molecule has 0 aromatic carbocycles. The summed E-state index contributed by atoms with van der Waals surface area (Å²) in [7, 11) is 0. The van der Waals surface area contributed by atoms with Crippen molar-refractivity contribution in [2.75, 3.05) is 18.0 Å². The van der Waals surface area contributed by atoms with Gasteiger partial charge in [0, 0.05) is 36.4 Å². The zero-order valence-corrected chi connectivity index (χ0v) is 18.0. The number of carbonyl (C=O) groups excluding carboxylic acids is 1. The fourth-order valence-electron chi connectivity index (χ4n) is 2.76. The van der Waals surface area contributed by atoms with Crippen LogP contribution in [0.3, 0.4) is 0 Å². The van der Waals surface area contributed by atoms with Gasteiger partial charge in [-0.1, -0.05) is 11.3 Å². The lowest BCUT2D eigenvalue weighted by Gasteiger charge is -2.16. The summed E-state index contributed by atoms with van der Waals surface area (Å²) in [5, 5.41) is 6.85. The van der Waals surface area contributed by atoms with Crippen LogP contribution >= 0.6 is 34.0 Å². The smallest absolute Gasteiger partial charge is 0.261 e. The van der Waals surface area contributed by atoms with Crippen molar-refractivity contribution < 1.29 is 4.79 Å². The third kappa shape index (κ3) is 3.91. The largest absolute Gasteiger partial charge is 0.349 e. The van der Waals surface area contributed by atoms with Gasteiger partial charge >= 0.3 is 0 Å². The third-order valence-electron chi connectivity index (χ3n) is 4.26. The number of nitrogens with one attached hydrogen (secondary N) is 1. The highest BCUT2D eigenvalue weighted by molar-refractivity contribution is 7.29. The molecule has 0 unspecified atom stereocenters. The topological polar surface area (TPSA) is 71.0 Å². The Hall–Kier alpha value is -2.36. The Morgan fingerprint density at radius 1 is 1.14 bits per heavy atom. The van der Waals surface area contributed by atoms with Gasteiger partial charge in [0.2, 0.25) is 0 Å². The van der Waals surface area contributed by atoms with Gasteiger partial charge in [0.15, 0.2) is 5.13 Å². The Morgan fingerprint density at radius 3 is 2.64 bits per heavy atom. The SMILES string of the molecule is CCN(CC)c1nc2sc(C(=O)NCc3nc(-c4ccncc4)cs3)cc2s1. The van der Waals surface area contributed by atoms with Gasteiger partial charge in [-0.2, -0.15) is 0 Å². The van der Waals surface area contributed by atoms with Gasteiger partial charge in [0.25, 0.3) is 5.91 Å². The molecule has 0 spiro atoms. The van der Waals surface area contributed by atoms with Crippen molar-refractivity contribution in [1.82, 2.24) is 20.3 Å². The minimum atomic E-state index is -0.0831. The monoisotopic (exact) mass is 429 g/mol. The van der Waals surface area contributed by atoms with Crippen LogP contribution in [0.1, 0.15) is 28.5 Å². The van der Waals surface area contributed by atoms with E-state index >= 15 is 0 Å². The summed E-state index contributed by atoms with van der Waals surface area (Å²) >= 11 is 4.62. The van der Waals surface area contributed by atoms with Gasteiger partial charge in [-0.3, -0.25) is 9.78 Å². The molecular weight excluding hydrogens is 410 g/mol. The summed E-state index contributed by atoms with van der Waals surface area (Å²) in [5.41, 5.74) is 1.93. The number of thiophene rings is 1. The predicted octanol–water partition coefficient (Wildman–Crippen LogP) is 4.65. The molecule has 1 amide bonds. The zero-order chi connectivity index (χ0) is 19.5. The number of thiazole rings is 2. The molecule has 0 atom stereocenters. The molecule has 1 N–H and O–H groups in total. The molecule has 6 nitrogen and oxygen atoms in total. The van der Waals surface area contributed by atoms with E-state index in [1.165, 1.54) is 22.7 Å². The Morgan fingerprint density at radius 2 is 1.93 bits per heavy atom. The van der Waals surface area contributed by atoms with E-state index in [9.17, 15) is 4.79 Å². The molecule has 4 aromatic rings. The quantitative estimate of drug-likeness (QED) is 0.463. The molecule has 4 heterocycles. The molecule has 0 saturated carbocycles. The standard InChI is InChI=1S/C19H19N5OS3/c1-3-24(4-2)19-23-18-15(28-19)9-14(27-18)17(25)21-10-16-22-13(11-26-16)12-5-7-20-8-6-12/h5-9,11H,3-4,10H2,1-2H3,(H,21,25). The van der Waals surface area contributed by atoms with Gasteiger partial charge < -0.3 is 10.2 Å². The van der Waals surface area contributed by atoms with Crippen LogP contribution in [0.15, 0.2) is 36.0 Å². The number of hydrogen-bond donors (Lipinski definition) is 1. The Balaban J connectivity index is 1.41. The fourth-order valence-corrected chi connectivity index (χ4v) is 5.75. The lowest BCUT2D eigenvalue weighted by Crippen LogP contribution is -2.21. The van der Waals surface area contributed by atoms with E-state index in [1.807, 2.05) is 23.6 Å². The molecule has 9 heteroatoms. The summed E-state index contributed by atoms with van der Waals surface area (Å²) in [6, 6.07) is 5.79. The molecule has 4 aromatic heterocycles. The van der Waals surface area contributed by atoms with Crippen LogP contribution in [0.5, 0.6) is 0 Å². The van der Waals surface area contributed by atoms with Crippen molar-refractivity contribution in [3.63, 3.8) is 0 Å². The van der Waals surface area contributed by atoms with E-state index in [-0.39, 0.29) is 5.91 Å². The first-order valence-electron chi connectivity index (χ1n) is 8.96. The van der Waals surface area contributed by atoms with Crippen molar-refractivity contribution in [1.29, 1.82) is 0 Å². The maximum atomic E-state index is 12.5. The Bertz CT molecular complexity index is 1050. The van der Waals surface area contributed by atoms with Gasteiger partial charge in [0.05, 0.1) is 21.8 Å². The van der Waals surface area contributed by atoms with E-state index in [4.69, 9.17) is 0 Å². The number of aromatic nitrogens is 3. The van der Waals surface area contributed by atoms with Gasteiger partial charge in [0.1, 0.15) is 9.84 Å². The number of rotatable bonds is 7. The molecular formula is C19H19N5OS3. The summed E-state index contributed by atoms with van der Waals surface area (Å²) in [4.78, 5) is 29.7. The molecule has 0 saturated heterocycles. The normalized spacial score (nSPS) is 11.1. The van der Waals surface area contributed by atoms with Crippen LogP contribution in [0.4, 0.5) is 5.13 Å². The van der Waals surface area contributed by atoms with Crippen molar-refractivity contribution in [3.8, 4) is 11.3 Å². The summed E-state index contributed by atoms with van der Waals surface area (Å²) in [5.74, 6) is -0.0831. The van der Waals surface area contributed by atoms with E-state index in [2.05, 4.69) is 39.0 Å². The molecule has 0 aliphatic rings. The first-order chi connectivity index (χ1) is 13.7. The van der Waals surface area contributed by atoms with Gasteiger partial charge in [-0.05, 0) is 32.0 Å². The minimum Gasteiger partial charge on any atom is -0.349 e. The maximum absolute atomic E-state index is 12.5. The van der Waals surface area contributed by atoms with Crippen LogP contribution < -0.4 is 10.2 Å². The maximum Gasteiger partial charge on any atom is 0.261 e. The van der Waals surface area contributed by atoms with Gasteiger partial charge in [-0.15, -0.1) is 22.7 Å². The minimum absolute atomic E-state index is 0.0831. The highest BCUT2D eigenvalue weighted by Crippen LogP contribution is 2.34. The second-order valence-corrected chi connectivity index (χ2v) is 8.98. The average Bonchev–Trinajstić information content (AvgIpc) is 3.43. The summed E-state index contributed by atoms with van der Waals surface area (Å²) in [6.45, 7) is 6.52. The number of hydrogen-bond acceptors (Lipinski definition) is 8. The highest BCUT2D eigenvalue weighted by atomic mass is 32.1. The van der Waals surface area contributed by atoms with E-state index < -0.39 is 0 Å². The highest BCUT2D eigenvalue weighted by Gasteiger charge is 2.16. The van der Waals surface area contributed by atoms with Crippen LogP contribution in [-0.4, -0.2) is 33.9 Å². The van der Waals surface area contributed by atoms with Crippen molar-refractivity contribution in [2.45, 2.75) is 20.4 Å². The Kier molecular flexibility index (Phi) is 5.65. The second-order valence-electron chi connectivity index (χ2n) is 5.99. The van der Waals surface area contributed by atoms with Crippen LogP contribution in [0, 0.1) is 0 Å². The lowest BCUT2D eigenvalue weighted by molar-refractivity contribution is 0.0955. The van der Waals surface area contributed by atoms with Crippen LogP contribution in [0.2, 0.25) is 0 Å². The molecule has 0 aliphatic carbocycles. The molecule has 0 fully saturated rings. The number of amides is 1. The number of carbonyl (C=O) groups is 1. The van der Waals surface area contributed by atoms with E-state index in [1.54, 1.807) is 23.7 Å². The van der Waals surface area contributed by atoms with E-state index in [0.717, 1.165) is 44.0 Å². The van der Waals surface area contributed by atoms with Crippen LogP contribution in [0.25, 0.3) is 20.8 Å². The first-order valence-corrected chi connectivity index (χ1v) is 11.5. The van der Waals surface area contributed by atoms with Crippen molar-refractivity contribution in [3.05, 3.63) is 45.9 Å². The number of nitrogens with zero attached hydrogens (tertiary/aromatic N) is 4. The van der Waals surface area contributed by atoms with Gasteiger partial charge in [-0.25, -0.2) is 9.97 Å². The van der Waals surface area contributed by atoms with E-state index in [0.29, 0.717) is 11.4 Å². The lowest BCUT2D eigenvalue weighted by atomic mass is 10.2. The molecule has 4 rings (SSSR count). The zero-order valence-electron chi connectivity index (χ0n) is 15.5. The fraction of sp³-hybridized carbons (Fsp3) is 0.263. The molecule has 0 aliphatic heterocycles. The summed E-state index contributed by atoms with van der Waals surface area (Å²) < 4.78 is 1.06. The first kappa shape index (κ1) is 19.0. The molecule has 28 heavy (non-hydrogen) atoms. The third-order valence-corrected chi connectivity index (χ3v) is 7.33. The number of pyridine rings is 1. The number of fused-ring (bicyclic) bond motifs is 1. The molecule has 0 radical (unpaired) electrons. The molecule has 144 valence electrons. The predicted molar refractivity (Wildman–Crippen MR) is 118 cm³/mol. The summed E-state index contributed by atoms with van der Waals surface area (Å²) in [6.07, 6.45) is 3.50. The Labute approximate surface area is 174 Å². The number of anilines is 1.